The highest BCUT2D eigenvalue weighted by Crippen LogP contribution is 2.51. The van der Waals surface area contributed by atoms with E-state index in [0.29, 0.717) is 11.8 Å². The van der Waals surface area contributed by atoms with Crippen LogP contribution in [-0.2, 0) is 4.79 Å². The smallest absolute Gasteiger partial charge is 0.226 e. The number of amides is 1. The average Bonchev–Trinajstić information content (AvgIpc) is 3.28. The lowest BCUT2D eigenvalue weighted by Crippen LogP contribution is -2.47. The van der Waals surface area contributed by atoms with Crippen molar-refractivity contribution in [1.82, 2.24) is 4.90 Å². The molecule has 4 unspecified atom stereocenters. The third-order valence-electron chi connectivity index (χ3n) is 6.04. The minimum atomic E-state index is -0.0263. The molecule has 3 aliphatic carbocycles. The van der Waals surface area contributed by atoms with Gasteiger partial charge in [-0.05, 0) is 83.5 Å². The summed E-state index contributed by atoms with van der Waals surface area (Å²) in [5.41, 5.74) is 1.54. The van der Waals surface area contributed by atoms with Gasteiger partial charge in [-0.1, -0.05) is 18.6 Å². The van der Waals surface area contributed by atoms with Crippen molar-refractivity contribution in [3.8, 4) is 0 Å². The van der Waals surface area contributed by atoms with Crippen LogP contribution < -0.4 is 0 Å². The second kappa shape index (κ2) is 5.69. The molecule has 0 aromatic rings. The Hall–Kier alpha value is -0.790. The Morgan fingerprint density at radius 2 is 1.91 bits per heavy atom. The molecule has 1 amide bonds. The molecule has 2 nitrogen and oxygen atoms in total. The van der Waals surface area contributed by atoms with Gasteiger partial charge in [0.2, 0.25) is 5.91 Å². The minimum Gasteiger partial charge on any atom is -0.337 e. The SMILES string of the molecule is CC1=CC(C)C(C2CC2CN(C(=O)C2CC2)C(C)(C)C)CC1. The summed E-state index contributed by atoms with van der Waals surface area (Å²) in [4.78, 5) is 14.8. The van der Waals surface area contributed by atoms with E-state index in [1.807, 2.05) is 0 Å². The highest BCUT2D eigenvalue weighted by atomic mass is 16.2. The van der Waals surface area contributed by atoms with Gasteiger partial charge in [-0.2, -0.15) is 0 Å². The Labute approximate surface area is 136 Å². The van der Waals surface area contributed by atoms with E-state index in [1.165, 1.54) is 19.3 Å². The van der Waals surface area contributed by atoms with Crippen LogP contribution in [0.5, 0.6) is 0 Å². The van der Waals surface area contributed by atoms with E-state index in [9.17, 15) is 4.79 Å². The molecule has 0 aliphatic heterocycles. The van der Waals surface area contributed by atoms with Crippen LogP contribution in [0.15, 0.2) is 11.6 Å². The fourth-order valence-corrected chi connectivity index (χ4v) is 4.40. The van der Waals surface area contributed by atoms with E-state index >= 15 is 0 Å². The summed E-state index contributed by atoms with van der Waals surface area (Å²) in [6.45, 7) is 12.2. The summed E-state index contributed by atoms with van der Waals surface area (Å²) in [7, 11) is 0. The topological polar surface area (TPSA) is 20.3 Å². The normalized spacial score (nSPS) is 35.0. The number of carbonyl (C=O) groups excluding carboxylic acids is 1. The van der Waals surface area contributed by atoms with Crippen LogP contribution >= 0.6 is 0 Å². The molecule has 124 valence electrons. The molecule has 0 aromatic heterocycles. The van der Waals surface area contributed by atoms with Crippen LogP contribution in [0, 0.1) is 29.6 Å². The van der Waals surface area contributed by atoms with Crippen molar-refractivity contribution in [2.45, 2.75) is 72.3 Å². The first kappa shape index (κ1) is 16.1. The number of rotatable bonds is 4. The second-order valence-corrected chi connectivity index (χ2v) is 9.13. The minimum absolute atomic E-state index is 0.0263. The molecule has 0 heterocycles. The molecule has 2 fully saturated rings. The predicted molar refractivity (Wildman–Crippen MR) is 91.4 cm³/mol. The molecule has 0 N–H and O–H groups in total. The molecule has 22 heavy (non-hydrogen) atoms. The first-order valence-electron chi connectivity index (χ1n) is 9.26. The van der Waals surface area contributed by atoms with Crippen LogP contribution in [0.3, 0.4) is 0 Å². The Kier molecular flexibility index (Phi) is 4.16. The van der Waals surface area contributed by atoms with Gasteiger partial charge in [0.15, 0.2) is 0 Å². The second-order valence-electron chi connectivity index (χ2n) is 9.13. The lowest BCUT2D eigenvalue weighted by molar-refractivity contribution is -0.137. The number of hydrogen-bond donors (Lipinski definition) is 0. The summed E-state index contributed by atoms with van der Waals surface area (Å²) in [5, 5.41) is 0. The lowest BCUT2D eigenvalue weighted by atomic mass is 9.78. The van der Waals surface area contributed by atoms with Crippen molar-refractivity contribution in [3.63, 3.8) is 0 Å². The van der Waals surface area contributed by atoms with Gasteiger partial charge >= 0.3 is 0 Å². The zero-order valence-corrected chi connectivity index (χ0v) is 15.1. The van der Waals surface area contributed by atoms with Crippen LogP contribution in [0.1, 0.15) is 66.7 Å². The maximum Gasteiger partial charge on any atom is 0.226 e. The molecule has 0 bridgehead atoms. The predicted octanol–water partition coefficient (Wildman–Crippen LogP) is 4.65. The van der Waals surface area contributed by atoms with Crippen molar-refractivity contribution in [1.29, 1.82) is 0 Å². The molecule has 0 aromatic carbocycles. The maximum absolute atomic E-state index is 12.6. The molecule has 3 rings (SSSR count). The number of allylic oxidation sites excluding steroid dienone is 2. The average molecular weight is 303 g/mol. The Bertz CT molecular complexity index is 469. The van der Waals surface area contributed by atoms with E-state index in [-0.39, 0.29) is 5.54 Å². The van der Waals surface area contributed by atoms with Gasteiger partial charge < -0.3 is 4.90 Å². The van der Waals surface area contributed by atoms with E-state index in [2.05, 4.69) is 45.6 Å². The summed E-state index contributed by atoms with van der Waals surface area (Å²) in [6, 6.07) is 0. The summed E-state index contributed by atoms with van der Waals surface area (Å²) < 4.78 is 0. The summed E-state index contributed by atoms with van der Waals surface area (Å²) in [5.74, 6) is 3.95. The molecule has 0 saturated heterocycles. The van der Waals surface area contributed by atoms with Crippen molar-refractivity contribution >= 4 is 5.91 Å². The molecular formula is C20H33NO. The standard InChI is InChI=1S/C20H33NO/c1-13-6-9-17(14(2)10-13)18-11-16(18)12-21(20(3,4)5)19(22)15-7-8-15/h10,14-18H,6-9,11-12H2,1-5H3. The van der Waals surface area contributed by atoms with Crippen LogP contribution in [0.2, 0.25) is 0 Å². The third kappa shape index (κ3) is 3.41. The van der Waals surface area contributed by atoms with Gasteiger partial charge in [-0.25, -0.2) is 0 Å². The maximum atomic E-state index is 12.6. The molecule has 0 radical (unpaired) electrons. The zero-order valence-electron chi connectivity index (χ0n) is 15.1. The first-order valence-corrected chi connectivity index (χ1v) is 9.26. The molecular weight excluding hydrogens is 270 g/mol. The fraction of sp³-hybridized carbons (Fsp3) is 0.850. The largest absolute Gasteiger partial charge is 0.337 e. The van der Waals surface area contributed by atoms with E-state index in [1.54, 1.807) is 5.57 Å². The van der Waals surface area contributed by atoms with Gasteiger partial charge in [-0.15, -0.1) is 0 Å². The lowest BCUT2D eigenvalue weighted by Gasteiger charge is -2.37. The fourth-order valence-electron chi connectivity index (χ4n) is 4.40. The highest BCUT2D eigenvalue weighted by molar-refractivity contribution is 5.81. The number of nitrogens with zero attached hydrogens (tertiary/aromatic N) is 1. The van der Waals surface area contributed by atoms with Crippen molar-refractivity contribution in [3.05, 3.63) is 11.6 Å². The van der Waals surface area contributed by atoms with Crippen molar-refractivity contribution < 1.29 is 4.79 Å². The molecule has 3 aliphatic rings. The van der Waals surface area contributed by atoms with Gasteiger partial charge in [0.1, 0.15) is 0 Å². The number of carbonyl (C=O) groups is 1. The van der Waals surface area contributed by atoms with Gasteiger partial charge in [0.05, 0.1) is 0 Å². The van der Waals surface area contributed by atoms with Gasteiger partial charge in [0.25, 0.3) is 0 Å². The van der Waals surface area contributed by atoms with Gasteiger partial charge in [0, 0.05) is 18.0 Å². The van der Waals surface area contributed by atoms with Crippen LogP contribution in [-0.4, -0.2) is 22.9 Å². The van der Waals surface area contributed by atoms with Crippen molar-refractivity contribution in [2.24, 2.45) is 29.6 Å². The first-order chi connectivity index (χ1) is 10.3. The van der Waals surface area contributed by atoms with Gasteiger partial charge in [-0.3, -0.25) is 4.79 Å². The monoisotopic (exact) mass is 303 g/mol. The summed E-state index contributed by atoms with van der Waals surface area (Å²) >= 11 is 0. The number of hydrogen-bond acceptors (Lipinski definition) is 1. The molecule has 4 atom stereocenters. The van der Waals surface area contributed by atoms with E-state index in [4.69, 9.17) is 0 Å². The van der Waals surface area contributed by atoms with E-state index < -0.39 is 0 Å². The Morgan fingerprint density at radius 3 is 2.45 bits per heavy atom. The highest BCUT2D eigenvalue weighted by Gasteiger charge is 2.48. The van der Waals surface area contributed by atoms with Crippen LogP contribution in [0.4, 0.5) is 0 Å². The molecule has 2 saturated carbocycles. The Morgan fingerprint density at radius 1 is 1.23 bits per heavy atom. The third-order valence-corrected chi connectivity index (χ3v) is 6.04. The molecule has 2 heteroatoms. The Balaban J connectivity index is 1.60. The zero-order chi connectivity index (χ0) is 16.1. The molecule has 0 spiro atoms. The quantitative estimate of drug-likeness (QED) is 0.692. The van der Waals surface area contributed by atoms with Crippen LogP contribution in [0.25, 0.3) is 0 Å². The van der Waals surface area contributed by atoms with Crippen molar-refractivity contribution in [2.75, 3.05) is 6.54 Å². The van der Waals surface area contributed by atoms with E-state index in [0.717, 1.165) is 43.1 Å². The summed E-state index contributed by atoms with van der Waals surface area (Å²) in [6.07, 6.45) is 8.69.